The van der Waals surface area contributed by atoms with Crippen LogP contribution in [0.15, 0.2) is 42.5 Å². The van der Waals surface area contributed by atoms with Crippen molar-refractivity contribution in [3.05, 3.63) is 59.2 Å². The number of fused-ring (bicyclic) bond motifs is 1. The Labute approximate surface area is 173 Å². The first-order valence-corrected chi connectivity index (χ1v) is 10.6. The highest BCUT2D eigenvalue weighted by atomic mass is 16.6. The molecule has 4 rings (SSSR count). The molecule has 5 heteroatoms. The van der Waals surface area contributed by atoms with E-state index < -0.39 is 0 Å². The molecule has 0 saturated carbocycles. The summed E-state index contributed by atoms with van der Waals surface area (Å²) in [6, 6.07) is 13.7. The van der Waals surface area contributed by atoms with E-state index >= 15 is 0 Å². The van der Waals surface area contributed by atoms with Gasteiger partial charge in [-0.25, -0.2) is 0 Å². The van der Waals surface area contributed by atoms with E-state index in [1.165, 1.54) is 17.5 Å². The number of piperidine rings is 1. The Morgan fingerprint density at radius 3 is 2.45 bits per heavy atom. The second kappa shape index (κ2) is 8.87. The molecule has 0 unspecified atom stereocenters. The van der Waals surface area contributed by atoms with Crippen LogP contribution in [0.2, 0.25) is 0 Å². The minimum Gasteiger partial charge on any atom is -0.486 e. The van der Waals surface area contributed by atoms with Gasteiger partial charge in [-0.1, -0.05) is 38.1 Å². The number of carbonyl (C=O) groups excluding carboxylic acids is 1. The van der Waals surface area contributed by atoms with Gasteiger partial charge < -0.3 is 14.8 Å². The first-order valence-electron chi connectivity index (χ1n) is 10.6. The number of nitrogens with one attached hydrogen (secondary N) is 1. The van der Waals surface area contributed by atoms with Crippen molar-refractivity contribution in [3.63, 3.8) is 0 Å². The van der Waals surface area contributed by atoms with E-state index in [9.17, 15) is 4.79 Å². The van der Waals surface area contributed by atoms with Crippen molar-refractivity contribution in [2.75, 3.05) is 26.3 Å². The smallest absolute Gasteiger partial charge is 0.251 e. The molecule has 2 aliphatic heterocycles. The maximum atomic E-state index is 12.7. The molecule has 29 heavy (non-hydrogen) atoms. The molecule has 1 fully saturated rings. The highest BCUT2D eigenvalue weighted by Crippen LogP contribution is 2.30. The fourth-order valence-electron chi connectivity index (χ4n) is 4.51. The molecular weight excluding hydrogens is 364 g/mol. The SMILES string of the molecule is C[C@@H]1C[C@@H](C)CN(Cc2ccccc2CNC(=O)c2ccc3c(c2)OCCO3)C1. The van der Waals surface area contributed by atoms with E-state index in [-0.39, 0.29) is 5.91 Å². The fourth-order valence-corrected chi connectivity index (χ4v) is 4.51. The molecule has 2 heterocycles. The second-order valence-corrected chi connectivity index (χ2v) is 8.45. The first-order chi connectivity index (χ1) is 14.1. The standard InChI is InChI=1S/C24H30N2O3/c1-17-11-18(2)15-26(14-17)16-21-6-4-3-5-20(21)13-25-24(27)19-7-8-22-23(12-19)29-10-9-28-22/h3-8,12,17-18H,9-11,13-16H2,1-2H3,(H,25,27)/t17-,18-/m1/s1. The van der Waals surface area contributed by atoms with Crippen molar-refractivity contribution in [1.82, 2.24) is 10.2 Å². The summed E-state index contributed by atoms with van der Waals surface area (Å²) in [4.78, 5) is 15.2. The molecule has 0 aliphatic carbocycles. The third-order valence-electron chi connectivity index (χ3n) is 5.70. The lowest BCUT2D eigenvalue weighted by Gasteiger charge is -2.35. The number of benzene rings is 2. The van der Waals surface area contributed by atoms with E-state index in [2.05, 4.69) is 42.3 Å². The number of likely N-dealkylation sites (tertiary alicyclic amines) is 1. The summed E-state index contributed by atoms with van der Waals surface area (Å²) < 4.78 is 11.1. The van der Waals surface area contributed by atoms with Crippen LogP contribution in [-0.2, 0) is 13.1 Å². The quantitative estimate of drug-likeness (QED) is 0.837. The third-order valence-corrected chi connectivity index (χ3v) is 5.70. The van der Waals surface area contributed by atoms with Gasteiger partial charge in [0.15, 0.2) is 11.5 Å². The Morgan fingerprint density at radius 2 is 1.69 bits per heavy atom. The minimum atomic E-state index is -0.100. The van der Waals surface area contributed by atoms with Crippen LogP contribution in [0.3, 0.4) is 0 Å². The average Bonchev–Trinajstić information content (AvgIpc) is 2.72. The Kier molecular flexibility index (Phi) is 6.05. The largest absolute Gasteiger partial charge is 0.486 e. The van der Waals surface area contributed by atoms with Gasteiger partial charge in [0, 0.05) is 31.7 Å². The summed E-state index contributed by atoms with van der Waals surface area (Å²) >= 11 is 0. The van der Waals surface area contributed by atoms with Crippen LogP contribution < -0.4 is 14.8 Å². The molecule has 2 aromatic carbocycles. The van der Waals surface area contributed by atoms with Gasteiger partial charge in [0.25, 0.3) is 5.91 Å². The van der Waals surface area contributed by atoms with Gasteiger partial charge in [-0.05, 0) is 47.6 Å². The molecule has 0 bridgehead atoms. The highest BCUT2D eigenvalue weighted by molar-refractivity contribution is 5.94. The number of ether oxygens (including phenoxy) is 2. The van der Waals surface area contributed by atoms with Crippen LogP contribution in [-0.4, -0.2) is 37.1 Å². The van der Waals surface area contributed by atoms with Crippen LogP contribution in [0.1, 0.15) is 41.8 Å². The van der Waals surface area contributed by atoms with Gasteiger partial charge in [0.1, 0.15) is 13.2 Å². The molecule has 0 aromatic heterocycles. The third kappa shape index (κ3) is 4.91. The molecule has 0 spiro atoms. The fraction of sp³-hybridized carbons (Fsp3) is 0.458. The van der Waals surface area contributed by atoms with Crippen molar-refractivity contribution in [2.45, 2.75) is 33.4 Å². The molecule has 154 valence electrons. The number of rotatable bonds is 5. The molecule has 1 saturated heterocycles. The maximum absolute atomic E-state index is 12.7. The second-order valence-electron chi connectivity index (χ2n) is 8.45. The topological polar surface area (TPSA) is 50.8 Å². The van der Waals surface area contributed by atoms with Gasteiger partial charge in [0.05, 0.1) is 0 Å². The van der Waals surface area contributed by atoms with Gasteiger partial charge in [-0.2, -0.15) is 0 Å². The lowest BCUT2D eigenvalue weighted by Crippen LogP contribution is -2.38. The molecule has 2 atom stereocenters. The Morgan fingerprint density at radius 1 is 1.00 bits per heavy atom. The molecule has 1 N–H and O–H groups in total. The van der Waals surface area contributed by atoms with E-state index in [4.69, 9.17) is 9.47 Å². The van der Waals surface area contributed by atoms with Gasteiger partial charge in [-0.15, -0.1) is 0 Å². The summed E-state index contributed by atoms with van der Waals surface area (Å²) in [5.41, 5.74) is 3.05. The monoisotopic (exact) mass is 394 g/mol. The van der Waals surface area contributed by atoms with Crippen LogP contribution in [0.5, 0.6) is 11.5 Å². The highest BCUT2D eigenvalue weighted by Gasteiger charge is 2.22. The predicted molar refractivity (Wildman–Crippen MR) is 113 cm³/mol. The van der Waals surface area contributed by atoms with Crippen molar-refractivity contribution in [3.8, 4) is 11.5 Å². The molecular formula is C24H30N2O3. The summed E-state index contributed by atoms with van der Waals surface area (Å²) in [6.07, 6.45) is 1.31. The number of hydrogen-bond acceptors (Lipinski definition) is 4. The predicted octanol–water partition coefficient (Wildman–Crippen LogP) is 3.87. The average molecular weight is 395 g/mol. The number of carbonyl (C=O) groups is 1. The minimum absolute atomic E-state index is 0.100. The zero-order valence-corrected chi connectivity index (χ0v) is 17.3. The van der Waals surface area contributed by atoms with Crippen LogP contribution in [0.25, 0.3) is 0 Å². The van der Waals surface area contributed by atoms with Crippen LogP contribution in [0.4, 0.5) is 0 Å². The summed E-state index contributed by atoms with van der Waals surface area (Å²) in [7, 11) is 0. The molecule has 1 amide bonds. The van der Waals surface area contributed by atoms with E-state index in [0.717, 1.165) is 31.5 Å². The maximum Gasteiger partial charge on any atom is 0.251 e. The first kappa shape index (κ1) is 19.8. The van der Waals surface area contributed by atoms with Crippen LogP contribution in [0, 0.1) is 11.8 Å². The van der Waals surface area contributed by atoms with Gasteiger partial charge >= 0.3 is 0 Å². The van der Waals surface area contributed by atoms with Gasteiger partial charge in [0.2, 0.25) is 0 Å². The zero-order chi connectivity index (χ0) is 20.2. The molecule has 2 aliphatic rings. The van der Waals surface area contributed by atoms with Crippen molar-refractivity contribution in [2.24, 2.45) is 11.8 Å². The van der Waals surface area contributed by atoms with E-state index in [0.29, 0.717) is 36.8 Å². The number of nitrogens with zero attached hydrogens (tertiary/aromatic N) is 1. The number of amides is 1. The van der Waals surface area contributed by atoms with Crippen molar-refractivity contribution < 1.29 is 14.3 Å². The number of hydrogen-bond donors (Lipinski definition) is 1. The van der Waals surface area contributed by atoms with Crippen molar-refractivity contribution in [1.29, 1.82) is 0 Å². The van der Waals surface area contributed by atoms with Gasteiger partial charge in [-0.3, -0.25) is 9.69 Å². The summed E-state index contributed by atoms with van der Waals surface area (Å²) in [5.74, 6) is 2.71. The van der Waals surface area contributed by atoms with E-state index in [1.54, 1.807) is 18.2 Å². The Balaban J connectivity index is 1.40. The van der Waals surface area contributed by atoms with Crippen molar-refractivity contribution >= 4 is 5.91 Å². The summed E-state index contributed by atoms with van der Waals surface area (Å²) in [5, 5.41) is 3.06. The Bertz CT molecular complexity index is 857. The lowest BCUT2D eigenvalue weighted by atomic mass is 9.91. The van der Waals surface area contributed by atoms with Crippen LogP contribution >= 0.6 is 0 Å². The normalized spacial score (nSPS) is 21.6. The molecule has 0 radical (unpaired) electrons. The van der Waals surface area contributed by atoms with E-state index in [1.807, 2.05) is 6.07 Å². The zero-order valence-electron chi connectivity index (χ0n) is 17.3. The lowest BCUT2D eigenvalue weighted by molar-refractivity contribution is 0.0949. The molecule has 2 aromatic rings. The summed E-state index contributed by atoms with van der Waals surface area (Å²) in [6.45, 7) is 9.46. The molecule has 5 nitrogen and oxygen atoms in total. The Hall–Kier alpha value is -2.53.